The van der Waals surface area contributed by atoms with Crippen LogP contribution >= 0.6 is 0 Å². The molecule has 0 aliphatic heterocycles. The molecule has 8 heteroatoms. The number of allylic oxidation sites excluding steroid dienone is 12. The normalized spacial score (nSPS) is 13.3. The van der Waals surface area contributed by atoms with Crippen LogP contribution in [-0.2, 0) is 9.53 Å². The third kappa shape index (κ3) is 24.0. The standard InChI is InChI=1S/C30H47N5O3/c1-4-5-6-7-8-9-10-11-12-13-14-15-16-17-18-19-20-21-22-24-27(36)25-23-26-38-30(37)34-28(31)33-29(32)35(2)3/h5-6,8-9,11-12,14-15,17-18,20-21H,4,7,10,13,16,19,22-26H2,1-3H3,(H4,31,32,33,34,37)/b6-5-,9-8-,12-11-,15-14-,18-17-,21-20-. The van der Waals surface area contributed by atoms with Gasteiger partial charge in [0.1, 0.15) is 5.78 Å². The summed E-state index contributed by atoms with van der Waals surface area (Å²) in [5.74, 6) is -0.0304. The van der Waals surface area contributed by atoms with E-state index in [1.165, 1.54) is 4.90 Å². The van der Waals surface area contributed by atoms with Crippen LogP contribution in [0.5, 0.6) is 0 Å². The number of rotatable bonds is 18. The second-order valence-corrected chi connectivity index (χ2v) is 8.54. The van der Waals surface area contributed by atoms with E-state index in [4.69, 9.17) is 16.2 Å². The Morgan fingerprint density at radius 1 is 0.711 bits per heavy atom. The van der Waals surface area contributed by atoms with Crippen LogP contribution in [0.2, 0.25) is 0 Å². The number of Topliss-reactive ketones (excluding diaryl/α,β-unsaturated/α-hetero) is 1. The van der Waals surface area contributed by atoms with Crippen molar-refractivity contribution in [2.45, 2.75) is 71.1 Å². The fourth-order valence-corrected chi connectivity index (χ4v) is 2.81. The van der Waals surface area contributed by atoms with Gasteiger partial charge in [-0.15, -0.1) is 4.99 Å². The van der Waals surface area contributed by atoms with E-state index in [1.807, 2.05) is 6.08 Å². The van der Waals surface area contributed by atoms with Crippen LogP contribution in [0, 0.1) is 0 Å². The topological polar surface area (TPSA) is 123 Å². The Labute approximate surface area is 229 Å². The molecule has 0 fully saturated rings. The molecule has 38 heavy (non-hydrogen) atoms. The maximum atomic E-state index is 11.9. The van der Waals surface area contributed by atoms with Crippen molar-refractivity contribution in [3.63, 3.8) is 0 Å². The number of guanidine groups is 2. The maximum Gasteiger partial charge on any atom is 0.436 e. The zero-order valence-corrected chi connectivity index (χ0v) is 23.4. The first-order valence-electron chi connectivity index (χ1n) is 13.3. The highest BCUT2D eigenvalue weighted by Gasteiger charge is 2.05. The molecule has 0 unspecified atom stereocenters. The summed E-state index contributed by atoms with van der Waals surface area (Å²) in [6.45, 7) is 2.23. The first kappa shape index (κ1) is 34.3. The first-order valence-corrected chi connectivity index (χ1v) is 13.3. The highest BCUT2D eigenvalue weighted by Crippen LogP contribution is 2.02. The van der Waals surface area contributed by atoms with E-state index in [9.17, 15) is 9.59 Å². The quantitative estimate of drug-likeness (QED) is 0.0958. The van der Waals surface area contributed by atoms with Gasteiger partial charge in [-0.05, 0) is 51.4 Å². The number of hydrogen-bond acceptors (Lipinski definition) is 3. The van der Waals surface area contributed by atoms with Gasteiger partial charge in [-0.3, -0.25) is 4.79 Å². The number of ether oxygens (including phenoxy) is 1. The SMILES string of the molecule is CC/C=C\C/C=C\C/C=C\C/C=C\C/C=C\C/C=C\CCC(=O)CCCOC(=O)N=C(N)N=C(N)N(C)C. The molecule has 0 rings (SSSR count). The number of ketones is 1. The van der Waals surface area contributed by atoms with Gasteiger partial charge in [0.15, 0.2) is 5.96 Å². The van der Waals surface area contributed by atoms with E-state index < -0.39 is 6.09 Å². The average molecular weight is 526 g/mol. The Morgan fingerprint density at radius 3 is 1.66 bits per heavy atom. The van der Waals surface area contributed by atoms with Crippen LogP contribution in [-0.4, -0.2) is 49.4 Å². The summed E-state index contributed by atoms with van der Waals surface area (Å²) in [6, 6.07) is 0. The Kier molecular flexibility index (Phi) is 22.6. The number of amides is 1. The van der Waals surface area contributed by atoms with Gasteiger partial charge < -0.3 is 21.1 Å². The lowest BCUT2D eigenvalue weighted by Gasteiger charge is -2.09. The third-order valence-corrected chi connectivity index (χ3v) is 4.90. The summed E-state index contributed by atoms with van der Waals surface area (Å²) in [4.78, 5) is 32.3. The highest BCUT2D eigenvalue weighted by atomic mass is 16.5. The van der Waals surface area contributed by atoms with E-state index in [0.717, 1.165) is 38.5 Å². The number of carbonyl (C=O) groups excluding carboxylic acids is 2. The molecule has 0 spiro atoms. The number of nitrogens with two attached hydrogens (primary N) is 2. The summed E-state index contributed by atoms with van der Waals surface area (Å²) in [7, 11) is 3.37. The predicted octanol–water partition coefficient (Wildman–Crippen LogP) is 6.14. The highest BCUT2D eigenvalue weighted by molar-refractivity contribution is 5.97. The number of nitrogens with zero attached hydrogens (tertiary/aromatic N) is 3. The average Bonchev–Trinajstić information content (AvgIpc) is 2.87. The molecule has 0 aliphatic rings. The zero-order valence-electron chi connectivity index (χ0n) is 23.4. The van der Waals surface area contributed by atoms with Crippen molar-refractivity contribution >= 4 is 23.8 Å². The molecule has 0 saturated carbocycles. The van der Waals surface area contributed by atoms with Gasteiger partial charge in [0.05, 0.1) is 6.61 Å². The molecule has 0 aromatic heterocycles. The minimum atomic E-state index is -0.858. The van der Waals surface area contributed by atoms with E-state index in [0.29, 0.717) is 25.7 Å². The number of hydrogen-bond donors (Lipinski definition) is 2. The van der Waals surface area contributed by atoms with Crippen LogP contribution < -0.4 is 11.5 Å². The van der Waals surface area contributed by atoms with Gasteiger partial charge in [-0.1, -0.05) is 79.8 Å². The number of aliphatic imine (C=N–C) groups is 2. The maximum absolute atomic E-state index is 11.9. The lowest BCUT2D eigenvalue weighted by molar-refractivity contribution is -0.119. The van der Waals surface area contributed by atoms with Crippen LogP contribution in [0.4, 0.5) is 4.79 Å². The van der Waals surface area contributed by atoms with Crippen molar-refractivity contribution in [2.75, 3.05) is 20.7 Å². The first-order chi connectivity index (χ1) is 18.4. The lowest BCUT2D eigenvalue weighted by Crippen LogP contribution is -2.32. The van der Waals surface area contributed by atoms with E-state index in [1.54, 1.807) is 14.1 Å². The molecular formula is C30H47N5O3. The lowest BCUT2D eigenvalue weighted by atomic mass is 10.1. The van der Waals surface area contributed by atoms with Gasteiger partial charge in [0.25, 0.3) is 0 Å². The molecule has 0 aliphatic carbocycles. The van der Waals surface area contributed by atoms with Crippen molar-refractivity contribution in [1.82, 2.24) is 4.90 Å². The van der Waals surface area contributed by atoms with Crippen LogP contribution in [0.15, 0.2) is 82.9 Å². The summed E-state index contributed by atoms with van der Waals surface area (Å²) in [5.41, 5.74) is 11.1. The van der Waals surface area contributed by atoms with Crippen LogP contribution in [0.25, 0.3) is 0 Å². The van der Waals surface area contributed by atoms with Crippen molar-refractivity contribution in [3.8, 4) is 0 Å². The second kappa shape index (κ2) is 25.0. The third-order valence-electron chi connectivity index (χ3n) is 4.90. The molecule has 0 atom stereocenters. The molecule has 0 bridgehead atoms. The second-order valence-electron chi connectivity index (χ2n) is 8.54. The molecule has 210 valence electrons. The molecule has 0 aromatic carbocycles. The van der Waals surface area contributed by atoms with Crippen molar-refractivity contribution in [2.24, 2.45) is 21.5 Å². The van der Waals surface area contributed by atoms with Crippen molar-refractivity contribution in [1.29, 1.82) is 0 Å². The monoisotopic (exact) mass is 525 g/mol. The predicted molar refractivity (Wildman–Crippen MR) is 160 cm³/mol. The van der Waals surface area contributed by atoms with Crippen LogP contribution in [0.3, 0.4) is 0 Å². The van der Waals surface area contributed by atoms with Gasteiger partial charge in [-0.2, -0.15) is 4.99 Å². The van der Waals surface area contributed by atoms with Gasteiger partial charge in [-0.25, -0.2) is 4.79 Å². The Hall–Kier alpha value is -3.68. The number of carbonyl (C=O) groups is 2. The smallest absolute Gasteiger partial charge is 0.436 e. The molecule has 0 radical (unpaired) electrons. The minimum Gasteiger partial charge on any atom is -0.448 e. The largest absolute Gasteiger partial charge is 0.448 e. The molecule has 0 aromatic rings. The van der Waals surface area contributed by atoms with Gasteiger partial charge >= 0.3 is 6.09 Å². The Bertz CT molecular complexity index is 894. The van der Waals surface area contributed by atoms with E-state index in [2.05, 4.69) is 83.7 Å². The van der Waals surface area contributed by atoms with Crippen molar-refractivity contribution < 1.29 is 14.3 Å². The fourth-order valence-electron chi connectivity index (χ4n) is 2.81. The summed E-state index contributed by atoms with van der Waals surface area (Å²) >= 11 is 0. The molecule has 8 nitrogen and oxygen atoms in total. The van der Waals surface area contributed by atoms with Crippen LogP contribution in [0.1, 0.15) is 71.1 Å². The fraction of sp³-hybridized carbons (Fsp3) is 0.467. The Morgan fingerprint density at radius 2 is 1.18 bits per heavy atom. The minimum absolute atomic E-state index is 0.0914. The molecule has 0 saturated heterocycles. The van der Waals surface area contributed by atoms with Gasteiger partial charge in [0.2, 0.25) is 5.96 Å². The zero-order chi connectivity index (χ0) is 28.3. The summed E-state index contributed by atoms with van der Waals surface area (Å²) in [6.07, 6.45) is 32.8. The molecule has 1 amide bonds. The molecular weight excluding hydrogens is 478 g/mol. The Balaban J connectivity index is 3.79. The molecule has 4 N–H and O–H groups in total. The summed E-state index contributed by atoms with van der Waals surface area (Å²) in [5, 5.41) is 0. The van der Waals surface area contributed by atoms with E-state index in [-0.39, 0.29) is 24.3 Å². The van der Waals surface area contributed by atoms with E-state index >= 15 is 0 Å². The van der Waals surface area contributed by atoms with Gasteiger partial charge in [0, 0.05) is 26.9 Å². The molecule has 0 heterocycles. The summed E-state index contributed by atoms with van der Waals surface area (Å²) < 4.78 is 4.93. The van der Waals surface area contributed by atoms with Crippen molar-refractivity contribution in [3.05, 3.63) is 72.9 Å².